The van der Waals surface area contributed by atoms with Gasteiger partial charge >= 0.3 is 0 Å². The van der Waals surface area contributed by atoms with Gasteiger partial charge in [-0.1, -0.05) is 6.42 Å². The summed E-state index contributed by atoms with van der Waals surface area (Å²) in [4.78, 5) is 36.4. The zero-order chi connectivity index (χ0) is 21.5. The van der Waals surface area contributed by atoms with Crippen LogP contribution < -0.4 is 5.56 Å². The van der Waals surface area contributed by atoms with E-state index in [9.17, 15) is 14.7 Å². The molecule has 0 saturated carbocycles. The molecule has 30 heavy (non-hydrogen) atoms. The third-order valence-electron chi connectivity index (χ3n) is 6.92. The van der Waals surface area contributed by atoms with Gasteiger partial charge in [-0.05, 0) is 65.1 Å². The van der Waals surface area contributed by atoms with Crippen LogP contribution in [0.15, 0.2) is 11.1 Å². The van der Waals surface area contributed by atoms with Gasteiger partial charge in [0.2, 0.25) is 5.91 Å². The maximum absolute atomic E-state index is 13.0. The molecular weight excluding hydrogens is 400 g/mol. The summed E-state index contributed by atoms with van der Waals surface area (Å²) in [5.74, 6) is 0.156. The highest BCUT2D eigenvalue weighted by molar-refractivity contribution is 7.18. The molecule has 2 fully saturated rings. The van der Waals surface area contributed by atoms with Crippen LogP contribution in [0.25, 0.3) is 10.2 Å². The summed E-state index contributed by atoms with van der Waals surface area (Å²) in [6, 6.07) is -0.101. The minimum atomic E-state index is -0.997. The van der Waals surface area contributed by atoms with Crippen LogP contribution in [0, 0.1) is 13.8 Å². The summed E-state index contributed by atoms with van der Waals surface area (Å²) in [6.45, 7) is 9.19. The number of aromatic nitrogens is 2. The number of fused-ring (bicyclic) bond motifs is 1. The predicted octanol–water partition coefficient (Wildman–Crippen LogP) is 2.30. The van der Waals surface area contributed by atoms with Crippen molar-refractivity contribution in [2.75, 3.05) is 26.2 Å². The largest absolute Gasteiger partial charge is 0.388 e. The molecule has 2 aliphatic heterocycles. The van der Waals surface area contributed by atoms with E-state index in [4.69, 9.17) is 0 Å². The monoisotopic (exact) mass is 432 g/mol. The molecule has 1 atom stereocenters. The van der Waals surface area contributed by atoms with Gasteiger partial charge in [0.05, 0.1) is 29.9 Å². The van der Waals surface area contributed by atoms with Gasteiger partial charge in [-0.25, -0.2) is 4.98 Å². The smallest absolute Gasteiger partial charge is 0.262 e. The second-order valence-electron chi connectivity index (χ2n) is 8.96. The normalized spacial score (nSPS) is 21.1. The number of piperidine rings is 2. The van der Waals surface area contributed by atoms with Crippen molar-refractivity contribution in [1.29, 1.82) is 0 Å². The molecule has 4 rings (SSSR count). The number of nitrogens with zero attached hydrogens (tertiary/aromatic N) is 4. The number of aliphatic hydroxyl groups is 1. The highest BCUT2D eigenvalue weighted by Crippen LogP contribution is 2.28. The first-order valence-corrected chi connectivity index (χ1v) is 11.8. The third kappa shape index (κ3) is 4.05. The van der Waals surface area contributed by atoms with E-state index < -0.39 is 5.60 Å². The van der Waals surface area contributed by atoms with Crippen LogP contribution >= 0.6 is 11.3 Å². The highest BCUT2D eigenvalue weighted by atomic mass is 32.1. The summed E-state index contributed by atoms with van der Waals surface area (Å²) in [7, 11) is 0. The quantitative estimate of drug-likeness (QED) is 0.802. The molecule has 7 nitrogen and oxygen atoms in total. The average molecular weight is 433 g/mol. The van der Waals surface area contributed by atoms with E-state index in [1.807, 2.05) is 25.7 Å². The van der Waals surface area contributed by atoms with Crippen LogP contribution in [0.1, 0.15) is 49.5 Å². The van der Waals surface area contributed by atoms with Crippen LogP contribution in [-0.4, -0.2) is 68.2 Å². The van der Waals surface area contributed by atoms with Crippen molar-refractivity contribution in [3.8, 4) is 0 Å². The molecule has 0 aromatic carbocycles. The molecule has 164 valence electrons. The fourth-order valence-electron chi connectivity index (χ4n) is 4.73. The van der Waals surface area contributed by atoms with E-state index in [0.717, 1.165) is 41.2 Å². The Hall–Kier alpha value is -1.77. The molecule has 0 bridgehead atoms. The Labute approximate surface area is 181 Å². The molecule has 1 unspecified atom stereocenters. The van der Waals surface area contributed by atoms with Crippen molar-refractivity contribution in [1.82, 2.24) is 19.4 Å². The van der Waals surface area contributed by atoms with Gasteiger partial charge in [0.15, 0.2) is 0 Å². The van der Waals surface area contributed by atoms with Gasteiger partial charge in [-0.3, -0.25) is 19.1 Å². The maximum Gasteiger partial charge on any atom is 0.262 e. The van der Waals surface area contributed by atoms with Crippen LogP contribution in [-0.2, 0) is 11.3 Å². The number of rotatable bonds is 4. The van der Waals surface area contributed by atoms with Gasteiger partial charge in [0.25, 0.3) is 5.56 Å². The number of hydrogen-bond acceptors (Lipinski definition) is 6. The Kier molecular flexibility index (Phi) is 6.01. The SMILES string of the molecule is Cc1sc2ncn(CC3(O)CCN(C(=O)C(C)N4CCCCC4)CC3)c(=O)c2c1C. The van der Waals surface area contributed by atoms with Crippen molar-refractivity contribution in [3.05, 3.63) is 27.1 Å². The lowest BCUT2D eigenvalue weighted by molar-refractivity contribution is -0.141. The Morgan fingerprint density at radius 2 is 1.87 bits per heavy atom. The first-order chi connectivity index (χ1) is 14.3. The molecule has 2 saturated heterocycles. The molecule has 8 heteroatoms. The summed E-state index contributed by atoms with van der Waals surface area (Å²) in [6.07, 6.45) is 6.06. The van der Waals surface area contributed by atoms with E-state index in [1.165, 1.54) is 22.3 Å². The zero-order valence-corrected chi connectivity index (χ0v) is 19.0. The number of carbonyl (C=O) groups excluding carboxylic acids is 1. The lowest BCUT2D eigenvalue weighted by atomic mass is 9.90. The van der Waals surface area contributed by atoms with E-state index in [-0.39, 0.29) is 24.1 Å². The van der Waals surface area contributed by atoms with Crippen LogP contribution in [0.5, 0.6) is 0 Å². The zero-order valence-electron chi connectivity index (χ0n) is 18.2. The molecule has 4 heterocycles. The van der Waals surface area contributed by atoms with Crippen molar-refractivity contribution < 1.29 is 9.90 Å². The lowest BCUT2D eigenvalue weighted by Gasteiger charge is -2.41. The van der Waals surface area contributed by atoms with Gasteiger partial charge in [0.1, 0.15) is 4.83 Å². The second-order valence-corrected chi connectivity index (χ2v) is 10.2. The van der Waals surface area contributed by atoms with E-state index in [2.05, 4.69) is 9.88 Å². The molecule has 2 aromatic rings. The Bertz CT molecular complexity index is 984. The number of amides is 1. The first kappa shape index (κ1) is 21.5. The van der Waals surface area contributed by atoms with Crippen LogP contribution in [0.3, 0.4) is 0 Å². The summed E-state index contributed by atoms with van der Waals surface area (Å²) in [5, 5.41) is 11.8. The maximum atomic E-state index is 13.0. The number of hydrogen-bond donors (Lipinski definition) is 1. The molecule has 1 N–H and O–H groups in total. The van der Waals surface area contributed by atoms with Crippen molar-refractivity contribution >= 4 is 27.5 Å². The number of thiophene rings is 1. The molecule has 1 amide bonds. The van der Waals surface area contributed by atoms with Crippen molar-refractivity contribution in [2.45, 2.75) is 71.1 Å². The Balaban J connectivity index is 1.42. The van der Waals surface area contributed by atoms with Gasteiger partial charge < -0.3 is 10.0 Å². The van der Waals surface area contributed by atoms with Gasteiger partial charge in [0, 0.05) is 18.0 Å². The Morgan fingerprint density at radius 3 is 2.53 bits per heavy atom. The topological polar surface area (TPSA) is 78.7 Å². The summed E-state index contributed by atoms with van der Waals surface area (Å²) >= 11 is 1.53. The van der Waals surface area contributed by atoms with Gasteiger partial charge in [-0.2, -0.15) is 0 Å². The standard InChI is InChI=1S/C22H32N4O3S/c1-15-17(3)30-19-18(15)21(28)26(14-23-19)13-22(29)7-11-25(12-8-22)20(27)16(2)24-9-5-4-6-10-24/h14,16,29H,4-13H2,1-3H3. The molecule has 0 spiro atoms. The molecule has 0 radical (unpaired) electrons. The first-order valence-electron chi connectivity index (χ1n) is 11.0. The van der Waals surface area contributed by atoms with Crippen molar-refractivity contribution in [3.63, 3.8) is 0 Å². The predicted molar refractivity (Wildman–Crippen MR) is 119 cm³/mol. The molecule has 0 aliphatic carbocycles. The van der Waals surface area contributed by atoms with E-state index >= 15 is 0 Å². The lowest BCUT2D eigenvalue weighted by Crippen LogP contribution is -2.54. The minimum absolute atomic E-state index is 0.0903. The van der Waals surface area contributed by atoms with E-state index in [1.54, 1.807) is 6.33 Å². The summed E-state index contributed by atoms with van der Waals surface area (Å²) in [5.41, 5.74) is -0.114. The number of likely N-dealkylation sites (tertiary alicyclic amines) is 2. The van der Waals surface area contributed by atoms with Crippen LogP contribution in [0.2, 0.25) is 0 Å². The number of aryl methyl sites for hydroxylation is 2. The number of carbonyl (C=O) groups is 1. The fourth-order valence-corrected chi connectivity index (χ4v) is 5.71. The third-order valence-corrected chi connectivity index (χ3v) is 8.04. The van der Waals surface area contributed by atoms with Crippen molar-refractivity contribution in [2.24, 2.45) is 0 Å². The molecule has 2 aliphatic rings. The molecular formula is C22H32N4O3S. The Morgan fingerprint density at radius 1 is 1.20 bits per heavy atom. The van der Waals surface area contributed by atoms with E-state index in [0.29, 0.717) is 31.3 Å². The van der Waals surface area contributed by atoms with Gasteiger partial charge in [-0.15, -0.1) is 11.3 Å². The average Bonchev–Trinajstić information content (AvgIpc) is 3.04. The fraction of sp³-hybridized carbons (Fsp3) is 0.682. The van der Waals surface area contributed by atoms with Crippen LogP contribution in [0.4, 0.5) is 0 Å². The minimum Gasteiger partial charge on any atom is -0.388 e. The second kappa shape index (κ2) is 8.40. The summed E-state index contributed by atoms with van der Waals surface area (Å²) < 4.78 is 1.54. The molecule has 2 aromatic heterocycles. The highest BCUT2D eigenvalue weighted by Gasteiger charge is 2.37.